The lowest BCUT2D eigenvalue weighted by atomic mass is 10.0. The van der Waals surface area contributed by atoms with Crippen LogP contribution in [0.3, 0.4) is 0 Å². The number of carbonyl (C=O) groups is 1. The summed E-state index contributed by atoms with van der Waals surface area (Å²) in [6.07, 6.45) is 15.2. The highest BCUT2D eigenvalue weighted by Gasteiger charge is 2.31. The number of nitrogens with zero attached hydrogens (tertiary/aromatic N) is 3. The van der Waals surface area contributed by atoms with Gasteiger partial charge in [0.1, 0.15) is 5.76 Å². The maximum Gasteiger partial charge on any atom is 0.262 e. The molecule has 0 unspecified atom stereocenters. The summed E-state index contributed by atoms with van der Waals surface area (Å²) < 4.78 is 5.55. The fraction of sp³-hybridized carbons (Fsp3) is 0.706. The Morgan fingerprint density at radius 1 is 1.02 bits per heavy atom. The van der Waals surface area contributed by atoms with E-state index < -0.39 is 0 Å². The molecule has 1 aliphatic heterocycles. The lowest BCUT2D eigenvalue weighted by Crippen LogP contribution is -2.47. The molecule has 0 bridgehead atoms. The van der Waals surface area contributed by atoms with Crippen molar-refractivity contribution in [3.8, 4) is 0 Å². The number of allylic oxidation sites excluding steroid dienone is 7. The van der Waals surface area contributed by atoms with Crippen LogP contribution >= 0.6 is 11.8 Å². The lowest BCUT2D eigenvalue weighted by molar-refractivity contribution is -0.128. The quantitative estimate of drug-likeness (QED) is 0.0951. The molecule has 2 rings (SSSR count). The molecule has 40 heavy (non-hydrogen) atoms. The minimum atomic E-state index is 0.114. The van der Waals surface area contributed by atoms with Crippen molar-refractivity contribution in [2.24, 2.45) is 10.9 Å². The Balaban J connectivity index is 0.00000363. The predicted octanol–water partition coefficient (Wildman–Crippen LogP) is 9.04. The summed E-state index contributed by atoms with van der Waals surface area (Å²) in [4.78, 5) is 23.7. The molecule has 0 spiro atoms. The van der Waals surface area contributed by atoms with Crippen LogP contribution in [0.2, 0.25) is 0 Å². The van der Waals surface area contributed by atoms with E-state index in [2.05, 4.69) is 44.7 Å². The zero-order valence-electron chi connectivity index (χ0n) is 28.0. The van der Waals surface area contributed by atoms with Gasteiger partial charge in [0.05, 0.1) is 17.7 Å². The van der Waals surface area contributed by atoms with Crippen LogP contribution in [0.1, 0.15) is 108 Å². The smallest absolute Gasteiger partial charge is 0.262 e. The monoisotopic (exact) mass is 575 g/mol. The van der Waals surface area contributed by atoms with Gasteiger partial charge in [0, 0.05) is 37.5 Å². The summed E-state index contributed by atoms with van der Waals surface area (Å²) in [7, 11) is 1.68. The van der Waals surface area contributed by atoms with Crippen molar-refractivity contribution < 1.29 is 9.53 Å². The molecule has 1 saturated heterocycles. The van der Waals surface area contributed by atoms with E-state index in [0.717, 1.165) is 65.8 Å². The molecular weight excluding hydrogens is 514 g/mol. The molecule has 1 aliphatic carbocycles. The third-order valence-electron chi connectivity index (χ3n) is 7.37. The first-order valence-electron chi connectivity index (χ1n) is 15.7. The molecule has 0 radical (unpaired) electrons. The Kier molecular flexibility index (Phi) is 20.9. The fourth-order valence-corrected chi connectivity index (χ4v) is 5.38. The average Bonchev–Trinajstić information content (AvgIpc) is 3.82. The second kappa shape index (κ2) is 21.9. The summed E-state index contributed by atoms with van der Waals surface area (Å²) in [5.41, 5.74) is 4.01. The van der Waals surface area contributed by atoms with Crippen molar-refractivity contribution in [1.82, 2.24) is 9.80 Å². The molecule has 0 atom stereocenters. The zero-order valence-corrected chi connectivity index (χ0v) is 28.8. The summed E-state index contributed by atoms with van der Waals surface area (Å²) in [6, 6.07) is 0.611. The number of methoxy groups -OCH3 is 1. The molecule has 2 aliphatic rings. The Labute approximate surface area is 252 Å². The Bertz CT molecular complexity index is 889. The Hall–Kier alpha value is -1.79. The molecule has 0 aromatic heterocycles. The van der Waals surface area contributed by atoms with Crippen LogP contribution in [-0.4, -0.2) is 67.5 Å². The number of amides is 1. The van der Waals surface area contributed by atoms with Gasteiger partial charge in [-0.25, -0.2) is 0 Å². The van der Waals surface area contributed by atoms with Crippen molar-refractivity contribution in [3.63, 3.8) is 0 Å². The minimum Gasteiger partial charge on any atom is -0.501 e. The Morgan fingerprint density at radius 2 is 1.62 bits per heavy atom. The summed E-state index contributed by atoms with van der Waals surface area (Å²) in [5, 5.41) is 0. The van der Waals surface area contributed by atoms with Crippen LogP contribution in [0, 0.1) is 5.92 Å². The van der Waals surface area contributed by atoms with E-state index in [4.69, 9.17) is 9.73 Å². The first-order chi connectivity index (χ1) is 19.3. The van der Waals surface area contributed by atoms with E-state index in [1.54, 1.807) is 7.11 Å². The first-order valence-corrected chi connectivity index (χ1v) is 16.9. The standard InChI is InChI=1S/C30H49N3O2S.2C2H6/c1-9-11-12-22(3)23(4)28(25(6)35-7)20-31-24(5)29(36-8)30(34)32-18-15-27(16-19-32)33(17-10-2)21-26-13-14-26;2*1-2/h11-12,20,26-27H,9-10,13-19,21H2,1-8H3;2*1-2H3/b12-11-,23-22+,28-25+,29-24-,31-20+;;. The largest absolute Gasteiger partial charge is 0.501 e. The van der Waals surface area contributed by atoms with E-state index in [1.165, 1.54) is 49.7 Å². The number of ether oxygens (including phenoxy) is 1. The number of hydrogen-bond acceptors (Lipinski definition) is 5. The van der Waals surface area contributed by atoms with Crippen molar-refractivity contribution in [1.29, 1.82) is 0 Å². The number of aliphatic imine (C=N–C) groups is 1. The van der Waals surface area contributed by atoms with Crippen LogP contribution in [-0.2, 0) is 9.53 Å². The normalized spacial score (nSPS) is 18.0. The molecule has 1 amide bonds. The molecule has 0 aromatic carbocycles. The van der Waals surface area contributed by atoms with E-state index in [0.29, 0.717) is 6.04 Å². The number of hydrogen-bond donors (Lipinski definition) is 0. The van der Waals surface area contributed by atoms with Crippen molar-refractivity contribution in [2.45, 2.75) is 114 Å². The molecule has 2 fully saturated rings. The second-order valence-corrected chi connectivity index (χ2v) is 10.9. The van der Waals surface area contributed by atoms with Crippen LogP contribution in [0.4, 0.5) is 0 Å². The maximum absolute atomic E-state index is 13.5. The van der Waals surface area contributed by atoms with Gasteiger partial charge in [0.2, 0.25) is 0 Å². The summed E-state index contributed by atoms with van der Waals surface area (Å²) >= 11 is 1.50. The summed E-state index contributed by atoms with van der Waals surface area (Å²) in [5.74, 6) is 1.84. The van der Waals surface area contributed by atoms with Crippen LogP contribution < -0.4 is 0 Å². The number of piperidine rings is 1. The van der Waals surface area contributed by atoms with Crippen molar-refractivity contribution in [3.05, 3.63) is 45.2 Å². The molecule has 6 heteroatoms. The molecule has 0 aromatic rings. The maximum atomic E-state index is 13.5. The summed E-state index contributed by atoms with van der Waals surface area (Å²) in [6.45, 7) is 24.6. The number of thioether (sulfide) groups is 1. The van der Waals surface area contributed by atoms with E-state index in [-0.39, 0.29) is 5.91 Å². The van der Waals surface area contributed by atoms with Gasteiger partial charge in [-0.2, -0.15) is 0 Å². The second-order valence-electron chi connectivity index (χ2n) is 10.1. The van der Waals surface area contributed by atoms with E-state index >= 15 is 0 Å². The van der Waals surface area contributed by atoms with Gasteiger partial charge in [-0.15, -0.1) is 11.8 Å². The van der Waals surface area contributed by atoms with Gasteiger partial charge in [0.15, 0.2) is 0 Å². The fourth-order valence-electron chi connectivity index (χ4n) is 4.72. The lowest BCUT2D eigenvalue weighted by Gasteiger charge is -2.39. The van der Waals surface area contributed by atoms with Gasteiger partial charge in [-0.3, -0.25) is 14.7 Å². The van der Waals surface area contributed by atoms with Crippen LogP contribution in [0.15, 0.2) is 50.2 Å². The number of carbonyl (C=O) groups excluding carboxylic acids is 1. The molecule has 0 N–H and O–H groups in total. The van der Waals surface area contributed by atoms with Crippen LogP contribution in [0.25, 0.3) is 0 Å². The minimum absolute atomic E-state index is 0.114. The highest BCUT2D eigenvalue weighted by molar-refractivity contribution is 8.03. The highest BCUT2D eigenvalue weighted by Crippen LogP contribution is 2.32. The van der Waals surface area contributed by atoms with Gasteiger partial charge >= 0.3 is 0 Å². The van der Waals surface area contributed by atoms with Gasteiger partial charge in [-0.05, 0) is 96.1 Å². The molecule has 1 heterocycles. The average molecular weight is 576 g/mol. The molecule has 230 valence electrons. The highest BCUT2D eigenvalue weighted by atomic mass is 32.2. The zero-order chi connectivity index (χ0) is 30.7. The van der Waals surface area contributed by atoms with E-state index in [9.17, 15) is 4.79 Å². The SMILES string of the molecule is CC.CC.CC\C=C/C(C)=C(C)/C(/C=N/C(C)=C(\SC)C(=O)N1CCC(N(CCC)CC2CC2)CC1)=C(\C)OC. The number of rotatable bonds is 13. The van der Waals surface area contributed by atoms with Gasteiger partial charge in [-0.1, -0.05) is 53.7 Å². The molecular formula is C34H61N3O2S. The van der Waals surface area contributed by atoms with E-state index in [1.807, 2.05) is 58.9 Å². The predicted molar refractivity (Wildman–Crippen MR) is 179 cm³/mol. The van der Waals surface area contributed by atoms with Crippen molar-refractivity contribution in [2.75, 3.05) is 39.5 Å². The van der Waals surface area contributed by atoms with Gasteiger partial charge < -0.3 is 9.64 Å². The Morgan fingerprint density at radius 3 is 2.10 bits per heavy atom. The topological polar surface area (TPSA) is 45.1 Å². The number of likely N-dealkylation sites (tertiary alicyclic amines) is 1. The van der Waals surface area contributed by atoms with Crippen molar-refractivity contribution >= 4 is 23.9 Å². The first kappa shape index (κ1) is 38.2. The molecule has 1 saturated carbocycles. The van der Waals surface area contributed by atoms with Crippen LogP contribution in [0.5, 0.6) is 0 Å². The third-order valence-corrected chi connectivity index (χ3v) is 8.25. The third kappa shape index (κ3) is 12.8. The molecule has 5 nitrogen and oxygen atoms in total. The van der Waals surface area contributed by atoms with Gasteiger partial charge in [0.25, 0.3) is 5.91 Å².